The zero-order chi connectivity index (χ0) is 14.9. The molecule has 0 aromatic carbocycles. The summed E-state index contributed by atoms with van der Waals surface area (Å²) in [5.74, 6) is -2.36. The van der Waals surface area contributed by atoms with Gasteiger partial charge in [-0.2, -0.15) is 0 Å². The van der Waals surface area contributed by atoms with Gasteiger partial charge in [0.2, 0.25) is 5.91 Å². The highest BCUT2D eigenvalue weighted by atomic mass is 35.5. The zero-order valence-corrected chi connectivity index (χ0v) is 12.6. The van der Waals surface area contributed by atoms with Crippen LogP contribution in [0.15, 0.2) is 0 Å². The molecule has 0 aromatic heterocycles. The molecule has 0 atom stereocenters. The fourth-order valence-corrected chi connectivity index (χ4v) is 2.66. The van der Waals surface area contributed by atoms with Crippen molar-refractivity contribution in [2.75, 3.05) is 20.1 Å². The zero-order valence-electron chi connectivity index (χ0n) is 11.8. The number of nitrogens with two attached hydrogens (primary N) is 1. The Balaban J connectivity index is 0.00000220. The van der Waals surface area contributed by atoms with E-state index in [1.807, 2.05) is 0 Å². The van der Waals surface area contributed by atoms with E-state index in [1.165, 1.54) is 7.05 Å². The second-order valence-corrected chi connectivity index (χ2v) is 5.28. The first-order valence-electron chi connectivity index (χ1n) is 6.55. The third kappa shape index (κ3) is 3.16. The Morgan fingerprint density at radius 3 is 2.24 bits per heavy atom. The molecule has 3 N–H and O–H groups in total. The lowest BCUT2D eigenvalue weighted by atomic mass is 9.98. The first kappa shape index (κ1) is 17.4. The number of urea groups is 1. The lowest BCUT2D eigenvalue weighted by Crippen LogP contribution is -2.54. The van der Waals surface area contributed by atoms with Gasteiger partial charge < -0.3 is 11.1 Å². The van der Waals surface area contributed by atoms with Gasteiger partial charge in [-0.1, -0.05) is 12.8 Å². The van der Waals surface area contributed by atoms with E-state index in [4.69, 9.17) is 5.73 Å². The molecule has 1 saturated carbocycles. The maximum absolute atomic E-state index is 12.0. The van der Waals surface area contributed by atoms with Crippen LogP contribution in [0.4, 0.5) is 4.79 Å². The van der Waals surface area contributed by atoms with E-state index in [-0.39, 0.29) is 12.4 Å². The summed E-state index contributed by atoms with van der Waals surface area (Å²) in [4.78, 5) is 47.9. The van der Waals surface area contributed by atoms with Gasteiger partial charge in [0, 0.05) is 13.6 Å². The first-order chi connectivity index (χ1) is 9.40. The molecule has 0 radical (unpaired) electrons. The molecule has 1 saturated heterocycles. The van der Waals surface area contributed by atoms with Crippen LogP contribution in [0.3, 0.4) is 0 Å². The van der Waals surface area contributed by atoms with E-state index < -0.39 is 35.8 Å². The molecule has 2 fully saturated rings. The number of nitrogens with zero attached hydrogens (tertiary/aromatic N) is 2. The molecule has 1 heterocycles. The molecule has 9 heteroatoms. The molecule has 8 nitrogen and oxygen atoms in total. The summed E-state index contributed by atoms with van der Waals surface area (Å²) < 4.78 is 0. The number of hydrogen-bond acceptors (Lipinski definition) is 5. The van der Waals surface area contributed by atoms with Crippen LogP contribution in [-0.4, -0.2) is 59.2 Å². The number of imide groups is 2. The Bertz CT molecular complexity index is 476. The fourth-order valence-electron chi connectivity index (χ4n) is 2.66. The highest BCUT2D eigenvalue weighted by Crippen LogP contribution is 2.28. The molecule has 2 rings (SSSR count). The maximum Gasteiger partial charge on any atom is 0.334 e. The van der Waals surface area contributed by atoms with Crippen molar-refractivity contribution < 1.29 is 19.2 Å². The molecule has 21 heavy (non-hydrogen) atoms. The highest BCUT2D eigenvalue weighted by molar-refractivity contribution is 6.44. The summed E-state index contributed by atoms with van der Waals surface area (Å²) in [7, 11) is 1.21. The topological polar surface area (TPSA) is 113 Å². The Morgan fingerprint density at radius 2 is 1.81 bits per heavy atom. The van der Waals surface area contributed by atoms with Crippen molar-refractivity contribution in [1.82, 2.24) is 15.1 Å². The Kier molecular flexibility index (Phi) is 5.30. The van der Waals surface area contributed by atoms with E-state index in [2.05, 4.69) is 5.32 Å². The summed E-state index contributed by atoms with van der Waals surface area (Å²) >= 11 is 0. The molecule has 5 amide bonds. The van der Waals surface area contributed by atoms with Gasteiger partial charge in [0.15, 0.2) is 0 Å². The summed E-state index contributed by atoms with van der Waals surface area (Å²) in [5, 5.41) is 2.80. The summed E-state index contributed by atoms with van der Waals surface area (Å²) in [6, 6.07) is -0.775. The second-order valence-electron chi connectivity index (χ2n) is 5.28. The molecule has 0 bridgehead atoms. The van der Waals surface area contributed by atoms with Crippen molar-refractivity contribution >= 4 is 36.2 Å². The third-order valence-electron chi connectivity index (χ3n) is 3.91. The molecule has 118 valence electrons. The SMILES string of the molecule is CN1C(=O)C(=O)N(CC(=O)NC2(CN)CCCC2)C1=O.Cl. The molecule has 1 aliphatic heterocycles. The molecule has 2 aliphatic rings. The number of nitrogens with one attached hydrogen (secondary N) is 1. The van der Waals surface area contributed by atoms with Crippen LogP contribution in [0.1, 0.15) is 25.7 Å². The molecular formula is C12H19ClN4O4. The van der Waals surface area contributed by atoms with Crippen LogP contribution < -0.4 is 11.1 Å². The van der Waals surface area contributed by atoms with Gasteiger partial charge in [0.1, 0.15) is 6.54 Å². The van der Waals surface area contributed by atoms with Crippen LogP contribution in [0.2, 0.25) is 0 Å². The van der Waals surface area contributed by atoms with Gasteiger partial charge in [-0.05, 0) is 12.8 Å². The van der Waals surface area contributed by atoms with Crippen molar-refractivity contribution in [3.63, 3.8) is 0 Å². The molecule has 0 unspecified atom stereocenters. The van der Waals surface area contributed by atoms with Crippen molar-refractivity contribution in [1.29, 1.82) is 0 Å². The first-order valence-corrected chi connectivity index (χ1v) is 6.55. The van der Waals surface area contributed by atoms with E-state index in [0.717, 1.165) is 25.7 Å². The van der Waals surface area contributed by atoms with Crippen LogP contribution in [0, 0.1) is 0 Å². The van der Waals surface area contributed by atoms with Gasteiger partial charge in [0.05, 0.1) is 5.54 Å². The van der Waals surface area contributed by atoms with Gasteiger partial charge >= 0.3 is 17.8 Å². The Labute approximate surface area is 128 Å². The van der Waals surface area contributed by atoms with Crippen molar-refractivity contribution in [2.24, 2.45) is 5.73 Å². The number of amides is 5. The summed E-state index contributed by atoms with van der Waals surface area (Å²) in [6.07, 6.45) is 3.55. The van der Waals surface area contributed by atoms with Crippen molar-refractivity contribution in [3.05, 3.63) is 0 Å². The van der Waals surface area contributed by atoms with E-state index in [1.54, 1.807) is 0 Å². The van der Waals surface area contributed by atoms with Crippen LogP contribution in [0.5, 0.6) is 0 Å². The molecule has 0 aromatic rings. The number of carbonyl (C=O) groups excluding carboxylic acids is 4. The predicted octanol–water partition coefficient (Wildman–Crippen LogP) is -0.783. The van der Waals surface area contributed by atoms with Crippen LogP contribution in [-0.2, 0) is 14.4 Å². The minimum Gasteiger partial charge on any atom is -0.348 e. The van der Waals surface area contributed by atoms with Crippen LogP contribution >= 0.6 is 12.4 Å². The van der Waals surface area contributed by atoms with Crippen molar-refractivity contribution in [3.8, 4) is 0 Å². The number of hydrogen-bond donors (Lipinski definition) is 2. The lowest BCUT2D eigenvalue weighted by Gasteiger charge is -2.29. The van der Waals surface area contributed by atoms with E-state index >= 15 is 0 Å². The average molecular weight is 319 g/mol. The van der Waals surface area contributed by atoms with Crippen molar-refractivity contribution in [2.45, 2.75) is 31.2 Å². The number of halogens is 1. The monoisotopic (exact) mass is 318 g/mol. The number of rotatable bonds is 4. The smallest absolute Gasteiger partial charge is 0.334 e. The van der Waals surface area contributed by atoms with Gasteiger partial charge in [0.25, 0.3) is 0 Å². The number of likely N-dealkylation sites (N-methyl/N-ethyl adjacent to an activating group) is 1. The standard InChI is InChI=1S/C12H18N4O4.ClH/c1-15-9(18)10(19)16(11(15)20)6-8(17)14-12(7-13)4-2-3-5-12;/h2-7,13H2,1H3,(H,14,17);1H. The van der Waals surface area contributed by atoms with E-state index in [0.29, 0.717) is 16.3 Å². The largest absolute Gasteiger partial charge is 0.348 e. The normalized spacial score (nSPS) is 20.8. The molecule has 0 spiro atoms. The Hall–Kier alpha value is -1.67. The highest BCUT2D eigenvalue weighted by Gasteiger charge is 2.44. The fraction of sp³-hybridized carbons (Fsp3) is 0.667. The minimum atomic E-state index is -0.971. The molecule has 1 aliphatic carbocycles. The van der Waals surface area contributed by atoms with Gasteiger partial charge in [-0.15, -0.1) is 12.4 Å². The van der Waals surface area contributed by atoms with Gasteiger partial charge in [-0.3, -0.25) is 19.3 Å². The lowest BCUT2D eigenvalue weighted by molar-refractivity contribution is -0.143. The minimum absolute atomic E-state index is 0. The summed E-state index contributed by atoms with van der Waals surface area (Å²) in [6.45, 7) is -0.130. The Morgan fingerprint density at radius 1 is 1.24 bits per heavy atom. The van der Waals surface area contributed by atoms with E-state index in [9.17, 15) is 19.2 Å². The quantitative estimate of drug-likeness (QED) is 0.521. The second kappa shape index (κ2) is 6.40. The molecular weight excluding hydrogens is 300 g/mol. The van der Waals surface area contributed by atoms with Crippen LogP contribution in [0.25, 0.3) is 0 Å². The predicted molar refractivity (Wildman–Crippen MR) is 75.5 cm³/mol. The third-order valence-corrected chi connectivity index (χ3v) is 3.91. The number of carbonyl (C=O) groups is 4. The van der Waals surface area contributed by atoms with Gasteiger partial charge in [-0.25, -0.2) is 9.69 Å². The summed E-state index contributed by atoms with van der Waals surface area (Å²) in [5.41, 5.74) is 5.25. The maximum atomic E-state index is 12.0. The average Bonchev–Trinajstić information content (AvgIpc) is 2.96.